The van der Waals surface area contributed by atoms with Gasteiger partial charge in [0, 0.05) is 13.1 Å². The van der Waals surface area contributed by atoms with Gasteiger partial charge in [-0.15, -0.1) is 11.3 Å². The molecule has 0 bridgehead atoms. The molecule has 0 saturated carbocycles. The number of halogens is 1. The van der Waals surface area contributed by atoms with Crippen molar-refractivity contribution >= 4 is 27.3 Å². The molecule has 1 aromatic heterocycles. The Hall–Kier alpha value is 0.1000. The highest BCUT2D eigenvalue weighted by molar-refractivity contribution is 9.11. The lowest BCUT2D eigenvalue weighted by atomic mass is 9.84. The molecule has 2 N–H and O–H groups in total. The van der Waals surface area contributed by atoms with E-state index < -0.39 is 0 Å². The minimum Gasteiger partial charge on any atom is -0.330 e. The SMILES string of the molecule is CN(Cc1csc(Br)c1)CC(CN)CC(C)(C)C. The molecule has 104 valence electrons. The minimum absolute atomic E-state index is 0.357. The summed E-state index contributed by atoms with van der Waals surface area (Å²) >= 11 is 5.25. The van der Waals surface area contributed by atoms with Crippen LogP contribution in [0.1, 0.15) is 32.8 Å². The van der Waals surface area contributed by atoms with Crippen LogP contribution >= 0.6 is 27.3 Å². The summed E-state index contributed by atoms with van der Waals surface area (Å²) in [6.45, 7) is 9.70. The molecule has 18 heavy (non-hydrogen) atoms. The van der Waals surface area contributed by atoms with Gasteiger partial charge in [0.1, 0.15) is 0 Å². The number of hydrogen-bond donors (Lipinski definition) is 1. The smallest absolute Gasteiger partial charge is 0.0701 e. The van der Waals surface area contributed by atoms with Crippen molar-refractivity contribution in [2.24, 2.45) is 17.1 Å². The van der Waals surface area contributed by atoms with Gasteiger partial charge in [0.25, 0.3) is 0 Å². The summed E-state index contributed by atoms with van der Waals surface area (Å²) in [5.74, 6) is 0.581. The number of nitrogens with two attached hydrogens (primary N) is 1. The van der Waals surface area contributed by atoms with Crippen LogP contribution in [-0.4, -0.2) is 25.0 Å². The monoisotopic (exact) mass is 332 g/mol. The summed E-state index contributed by atoms with van der Waals surface area (Å²) in [5, 5.41) is 2.21. The first-order valence-electron chi connectivity index (χ1n) is 6.41. The highest BCUT2D eigenvalue weighted by atomic mass is 79.9. The van der Waals surface area contributed by atoms with Crippen LogP contribution in [-0.2, 0) is 6.54 Å². The van der Waals surface area contributed by atoms with Gasteiger partial charge in [0.2, 0.25) is 0 Å². The second-order valence-electron chi connectivity index (χ2n) is 6.32. The molecule has 0 spiro atoms. The van der Waals surface area contributed by atoms with Crippen molar-refractivity contribution in [3.05, 3.63) is 20.8 Å². The van der Waals surface area contributed by atoms with E-state index in [9.17, 15) is 0 Å². The van der Waals surface area contributed by atoms with E-state index in [1.165, 1.54) is 15.8 Å². The predicted octanol–water partition coefficient (Wildman–Crippen LogP) is 3.95. The molecule has 1 atom stereocenters. The Morgan fingerprint density at radius 1 is 1.44 bits per heavy atom. The molecular formula is C14H25BrN2S. The largest absolute Gasteiger partial charge is 0.330 e. The van der Waals surface area contributed by atoms with E-state index in [1.54, 1.807) is 11.3 Å². The molecule has 1 rings (SSSR count). The van der Waals surface area contributed by atoms with E-state index in [0.29, 0.717) is 11.3 Å². The summed E-state index contributed by atoms with van der Waals surface area (Å²) in [4.78, 5) is 2.37. The van der Waals surface area contributed by atoms with Gasteiger partial charge in [-0.05, 0) is 64.3 Å². The quantitative estimate of drug-likeness (QED) is 0.854. The lowest BCUT2D eigenvalue weighted by Gasteiger charge is -2.28. The molecule has 0 radical (unpaired) electrons. The summed E-state index contributed by atoms with van der Waals surface area (Å²) < 4.78 is 1.20. The van der Waals surface area contributed by atoms with Crippen LogP contribution in [0.15, 0.2) is 15.2 Å². The Labute approximate surface area is 124 Å². The van der Waals surface area contributed by atoms with Gasteiger partial charge < -0.3 is 10.6 Å². The van der Waals surface area contributed by atoms with Crippen LogP contribution in [0.5, 0.6) is 0 Å². The first kappa shape index (κ1) is 16.2. The number of hydrogen-bond acceptors (Lipinski definition) is 3. The van der Waals surface area contributed by atoms with Crippen LogP contribution in [0.4, 0.5) is 0 Å². The fourth-order valence-electron chi connectivity index (χ4n) is 2.33. The Bertz CT molecular complexity index is 357. The average molecular weight is 333 g/mol. The predicted molar refractivity (Wildman–Crippen MR) is 85.0 cm³/mol. The van der Waals surface area contributed by atoms with Gasteiger partial charge in [0.15, 0.2) is 0 Å². The first-order valence-corrected chi connectivity index (χ1v) is 8.09. The molecule has 0 aliphatic heterocycles. The average Bonchev–Trinajstić information content (AvgIpc) is 2.60. The Morgan fingerprint density at radius 3 is 2.56 bits per heavy atom. The summed E-state index contributed by atoms with van der Waals surface area (Å²) in [6, 6.07) is 2.20. The number of nitrogens with zero attached hydrogens (tertiary/aromatic N) is 1. The van der Waals surface area contributed by atoms with Crippen molar-refractivity contribution < 1.29 is 0 Å². The van der Waals surface area contributed by atoms with Gasteiger partial charge in [-0.3, -0.25) is 0 Å². The molecule has 0 aromatic carbocycles. The Kier molecular flexibility index (Phi) is 6.31. The van der Waals surface area contributed by atoms with Gasteiger partial charge >= 0.3 is 0 Å². The summed E-state index contributed by atoms with van der Waals surface area (Å²) in [7, 11) is 2.18. The van der Waals surface area contributed by atoms with E-state index in [4.69, 9.17) is 5.73 Å². The van der Waals surface area contributed by atoms with Crippen molar-refractivity contribution in [2.45, 2.75) is 33.7 Å². The molecule has 4 heteroatoms. The lowest BCUT2D eigenvalue weighted by molar-refractivity contribution is 0.216. The molecule has 0 aliphatic carbocycles. The minimum atomic E-state index is 0.357. The molecular weight excluding hydrogens is 308 g/mol. The van der Waals surface area contributed by atoms with Gasteiger partial charge in [0.05, 0.1) is 3.79 Å². The van der Waals surface area contributed by atoms with Crippen molar-refractivity contribution in [3.63, 3.8) is 0 Å². The topological polar surface area (TPSA) is 29.3 Å². The van der Waals surface area contributed by atoms with Crippen molar-refractivity contribution in [1.29, 1.82) is 0 Å². The molecule has 0 saturated heterocycles. The zero-order valence-electron chi connectivity index (χ0n) is 11.9. The second kappa shape index (κ2) is 7.04. The van der Waals surface area contributed by atoms with Gasteiger partial charge in [-0.25, -0.2) is 0 Å². The fraction of sp³-hybridized carbons (Fsp3) is 0.714. The maximum absolute atomic E-state index is 5.89. The maximum atomic E-state index is 5.89. The Balaban J connectivity index is 2.44. The third-order valence-electron chi connectivity index (χ3n) is 2.88. The van der Waals surface area contributed by atoms with Crippen LogP contribution in [0, 0.1) is 11.3 Å². The fourth-order valence-corrected chi connectivity index (χ4v) is 3.53. The zero-order chi connectivity index (χ0) is 13.8. The van der Waals surface area contributed by atoms with Crippen LogP contribution < -0.4 is 5.73 Å². The Morgan fingerprint density at radius 2 is 2.11 bits per heavy atom. The third kappa shape index (κ3) is 6.32. The first-order chi connectivity index (χ1) is 8.30. The molecule has 2 nitrogen and oxygen atoms in total. The molecule has 0 amide bonds. The number of rotatable bonds is 6. The van der Waals surface area contributed by atoms with E-state index in [0.717, 1.165) is 19.6 Å². The standard InChI is InChI=1S/C14H25BrN2S/c1-14(2,3)6-12(7-16)9-17(4)8-11-5-13(15)18-10-11/h5,10,12H,6-9,16H2,1-4H3. The van der Waals surface area contributed by atoms with Crippen molar-refractivity contribution in [2.75, 3.05) is 20.1 Å². The molecule has 0 aliphatic rings. The zero-order valence-corrected chi connectivity index (χ0v) is 14.3. The highest BCUT2D eigenvalue weighted by Gasteiger charge is 2.19. The highest BCUT2D eigenvalue weighted by Crippen LogP contribution is 2.25. The molecule has 1 aromatic rings. The third-order valence-corrected chi connectivity index (χ3v) is 4.43. The van der Waals surface area contributed by atoms with Crippen LogP contribution in [0.25, 0.3) is 0 Å². The van der Waals surface area contributed by atoms with E-state index >= 15 is 0 Å². The summed E-state index contributed by atoms with van der Waals surface area (Å²) in [6.07, 6.45) is 1.18. The van der Waals surface area contributed by atoms with E-state index in [1.807, 2.05) is 0 Å². The van der Waals surface area contributed by atoms with E-state index in [2.05, 4.69) is 60.1 Å². The van der Waals surface area contributed by atoms with Crippen LogP contribution in [0.2, 0.25) is 0 Å². The maximum Gasteiger partial charge on any atom is 0.0701 e. The van der Waals surface area contributed by atoms with Gasteiger partial charge in [-0.1, -0.05) is 20.8 Å². The normalized spacial score (nSPS) is 14.2. The molecule has 1 unspecified atom stereocenters. The van der Waals surface area contributed by atoms with E-state index in [-0.39, 0.29) is 0 Å². The molecule has 0 fully saturated rings. The van der Waals surface area contributed by atoms with Gasteiger partial charge in [-0.2, -0.15) is 0 Å². The molecule has 1 heterocycles. The number of thiophene rings is 1. The lowest BCUT2D eigenvalue weighted by Crippen LogP contribution is -2.32. The second-order valence-corrected chi connectivity index (χ2v) is 8.61. The van der Waals surface area contributed by atoms with Crippen LogP contribution in [0.3, 0.4) is 0 Å². The van der Waals surface area contributed by atoms with Crippen molar-refractivity contribution in [3.8, 4) is 0 Å². The summed E-state index contributed by atoms with van der Waals surface area (Å²) in [5.41, 5.74) is 7.63. The van der Waals surface area contributed by atoms with Crippen molar-refractivity contribution in [1.82, 2.24) is 4.90 Å².